The Morgan fingerprint density at radius 3 is 2.19 bits per heavy atom. The molecule has 0 saturated carbocycles. The van der Waals surface area contributed by atoms with Crippen LogP contribution in [0.2, 0.25) is 0 Å². The molecule has 5 rings (SSSR count). The zero-order valence-electron chi connectivity index (χ0n) is 20.7. The van der Waals surface area contributed by atoms with Crippen molar-refractivity contribution >= 4 is 23.1 Å². The van der Waals surface area contributed by atoms with Crippen LogP contribution in [0.15, 0.2) is 109 Å². The van der Waals surface area contributed by atoms with Gasteiger partial charge in [0, 0.05) is 11.3 Å². The minimum Gasteiger partial charge on any atom is -0.507 e. The van der Waals surface area contributed by atoms with Crippen LogP contribution in [-0.2, 0) is 16.0 Å². The van der Waals surface area contributed by atoms with Crippen molar-refractivity contribution in [2.24, 2.45) is 0 Å². The molecule has 1 N–H and O–H groups in total. The van der Waals surface area contributed by atoms with Gasteiger partial charge in [-0.1, -0.05) is 79.2 Å². The second kappa shape index (κ2) is 10.2. The lowest BCUT2D eigenvalue weighted by molar-refractivity contribution is -0.132. The van der Waals surface area contributed by atoms with Crippen molar-refractivity contribution in [2.75, 3.05) is 4.90 Å². The van der Waals surface area contributed by atoms with Gasteiger partial charge < -0.3 is 9.84 Å². The van der Waals surface area contributed by atoms with Gasteiger partial charge in [-0.2, -0.15) is 0 Å². The third-order valence-electron chi connectivity index (χ3n) is 6.54. The van der Waals surface area contributed by atoms with Crippen molar-refractivity contribution in [3.05, 3.63) is 131 Å². The van der Waals surface area contributed by atoms with E-state index in [1.807, 2.05) is 98.8 Å². The second-order valence-corrected chi connectivity index (χ2v) is 9.04. The maximum absolute atomic E-state index is 13.4. The minimum absolute atomic E-state index is 0.0479. The Bertz CT molecular complexity index is 1470. The van der Waals surface area contributed by atoms with Gasteiger partial charge in [0.2, 0.25) is 0 Å². The molecule has 1 aliphatic rings. The van der Waals surface area contributed by atoms with E-state index in [4.69, 9.17) is 4.74 Å². The number of anilines is 1. The molecule has 0 bridgehead atoms. The van der Waals surface area contributed by atoms with Crippen LogP contribution in [0.4, 0.5) is 5.69 Å². The number of carbonyl (C=O) groups is 2. The lowest BCUT2D eigenvalue weighted by Gasteiger charge is -2.26. The molecule has 1 fully saturated rings. The van der Waals surface area contributed by atoms with Crippen LogP contribution >= 0.6 is 0 Å². The first-order chi connectivity index (χ1) is 18.0. The molecule has 1 heterocycles. The molecule has 5 nitrogen and oxygen atoms in total. The molecule has 1 saturated heterocycles. The van der Waals surface area contributed by atoms with Crippen LogP contribution in [0.1, 0.15) is 35.2 Å². The summed E-state index contributed by atoms with van der Waals surface area (Å²) in [7, 11) is 0. The van der Waals surface area contributed by atoms with Crippen molar-refractivity contribution in [1.29, 1.82) is 0 Å². The number of Topliss-reactive ketones (excluding diaryl/α,β-unsaturated/α-hetero) is 1. The number of aryl methyl sites for hydroxylation is 2. The molecule has 5 heteroatoms. The summed E-state index contributed by atoms with van der Waals surface area (Å²) in [5.74, 6) is -0.379. The van der Waals surface area contributed by atoms with Crippen molar-refractivity contribution in [3.8, 4) is 11.5 Å². The SMILES string of the molecule is CCc1ccc(/C(O)=C2/C(=O)C(=O)N(c3ccc(C)cc3)C2c2cccc(Oc3ccccc3)c2)cc1. The number of nitrogens with zero attached hydrogens (tertiary/aromatic N) is 1. The highest BCUT2D eigenvalue weighted by molar-refractivity contribution is 6.51. The molecular weight excluding hydrogens is 462 g/mol. The van der Waals surface area contributed by atoms with Gasteiger partial charge in [0.15, 0.2) is 0 Å². The average Bonchev–Trinajstić information content (AvgIpc) is 3.19. The van der Waals surface area contributed by atoms with Gasteiger partial charge in [-0.25, -0.2) is 0 Å². The van der Waals surface area contributed by atoms with Crippen LogP contribution in [0.5, 0.6) is 11.5 Å². The number of ketones is 1. The van der Waals surface area contributed by atoms with Crippen LogP contribution in [0.3, 0.4) is 0 Å². The number of rotatable bonds is 6. The van der Waals surface area contributed by atoms with Gasteiger partial charge in [-0.15, -0.1) is 0 Å². The largest absolute Gasteiger partial charge is 0.507 e. The molecule has 37 heavy (non-hydrogen) atoms. The van der Waals surface area contributed by atoms with Gasteiger partial charge in [0.05, 0.1) is 11.6 Å². The molecular formula is C32H27NO4. The number of carbonyl (C=O) groups excluding carboxylic acids is 2. The molecule has 1 amide bonds. The molecule has 1 atom stereocenters. The summed E-state index contributed by atoms with van der Waals surface area (Å²) in [4.78, 5) is 28.3. The van der Waals surface area contributed by atoms with E-state index in [9.17, 15) is 14.7 Å². The molecule has 1 unspecified atom stereocenters. The Hall–Kier alpha value is -4.64. The molecule has 4 aromatic carbocycles. The maximum Gasteiger partial charge on any atom is 0.300 e. The van der Waals surface area contributed by atoms with Crippen LogP contribution in [0, 0.1) is 6.92 Å². The van der Waals surface area contributed by atoms with Gasteiger partial charge in [-0.05, 0) is 60.9 Å². The standard InChI is InChI=1S/C32H27NO4/c1-3-22-14-16-23(17-15-22)30(34)28-29(33(32(36)31(28)35)25-18-12-21(2)13-19-25)24-8-7-11-27(20-24)37-26-9-5-4-6-10-26/h4-20,29,34H,3H2,1-2H3/b30-28-. The quantitative estimate of drug-likeness (QED) is 0.180. The summed E-state index contributed by atoms with van der Waals surface area (Å²) in [5, 5.41) is 11.4. The zero-order valence-corrected chi connectivity index (χ0v) is 20.7. The van der Waals surface area contributed by atoms with E-state index >= 15 is 0 Å². The predicted octanol–water partition coefficient (Wildman–Crippen LogP) is 6.98. The lowest BCUT2D eigenvalue weighted by atomic mass is 9.94. The molecule has 0 spiro atoms. The monoisotopic (exact) mass is 489 g/mol. The first-order valence-corrected chi connectivity index (χ1v) is 12.3. The smallest absolute Gasteiger partial charge is 0.300 e. The summed E-state index contributed by atoms with van der Waals surface area (Å²) in [6.07, 6.45) is 0.854. The van der Waals surface area contributed by atoms with Crippen LogP contribution in [0.25, 0.3) is 5.76 Å². The number of aliphatic hydroxyl groups is 1. The number of aliphatic hydroxyl groups excluding tert-OH is 1. The Labute approximate surface area is 216 Å². The molecule has 0 radical (unpaired) electrons. The summed E-state index contributed by atoms with van der Waals surface area (Å²) in [6, 6.07) is 30.6. The number of hydrogen-bond acceptors (Lipinski definition) is 4. The fourth-order valence-corrected chi connectivity index (χ4v) is 4.55. The van der Waals surface area contributed by atoms with E-state index in [1.165, 1.54) is 4.90 Å². The average molecular weight is 490 g/mol. The Balaban J connectivity index is 1.65. The topological polar surface area (TPSA) is 66.8 Å². The maximum atomic E-state index is 13.4. The second-order valence-electron chi connectivity index (χ2n) is 9.04. The summed E-state index contributed by atoms with van der Waals surface area (Å²) < 4.78 is 6.03. The summed E-state index contributed by atoms with van der Waals surface area (Å²) in [6.45, 7) is 4.01. The fraction of sp³-hybridized carbons (Fsp3) is 0.125. The Morgan fingerprint density at radius 2 is 1.51 bits per heavy atom. The molecule has 1 aliphatic heterocycles. The summed E-state index contributed by atoms with van der Waals surface area (Å²) in [5.41, 5.74) is 3.91. The first-order valence-electron chi connectivity index (χ1n) is 12.3. The number of amides is 1. The highest BCUT2D eigenvalue weighted by Crippen LogP contribution is 2.43. The van der Waals surface area contributed by atoms with Gasteiger partial charge in [0.1, 0.15) is 17.3 Å². The molecule has 4 aromatic rings. The van der Waals surface area contributed by atoms with Crippen molar-refractivity contribution in [1.82, 2.24) is 0 Å². The fourth-order valence-electron chi connectivity index (χ4n) is 4.55. The number of hydrogen-bond donors (Lipinski definition) is 1. The predicted molar refractivity (Wildman–Crippen MR) is 145 cm³/mol. The summed E-state index contributed by atoms with van der Waals surface area (Å²) >= 11 is 0. The molecule has 0 aromatic heterocycles. The van der Waals surface area contributed by atoms with E-state index in [-0.39, 0.29) is 11.3 Å². The normalized spacial score (nSPS) is 16.7. The van der Waals surface area contributed by atoms with Gasteiger partial charge in [-0.3, -0.25) is 14.5 Å². The highest BCUT2D eigenvalue weighted by atomic mass is 16.5. The van der Waals surface area contributed by atoms with E-state index in [0.717, 1.165) is 17.5 Å². The van der Waals surface area contributed by atoms with E-state index in [0.29, 0.717) is 28.3 Å². The lowest BCUT2D eigenvalue weighted by Crippen LogP contribution is -2.29. The molecule has 184 valence electrons. The third kappa shape index (κ3) is 4.76. The van der Waals surface area contributed by atoms with Crippen molar-refractivity contribution in [3.63, 3.8) is 0 Å². The zero-order chi connectivity index (χ0) is 25.9. The van der Waals surface area contributed by atoms with E-state index < -0.39 is 17.7 Å². The van der Waals surface area contributed by atoms with Crippen molar-refractivity contribution < 1.29 is 19.4 Å². The number of para-hydroxylation sites is 1. The Morgan fingerprint density at radius 1 is 0.838 bits per heavy atom. The minimum atomic E-state index is -0.826. The first kappa shape index (κ1) is 24.1. The van der Waals surface area contributed by atoms with E-state index in [1.54, 1.807) is 18.2 Å². The van der Waals surface area contributed by atoms with Crippen LogP contribution < -0.4 is 9.64 Å². The third-order valence-corrected chi connectivity index (χ3v) is 6.54. The van der Waals surface area contributed by atoms with Gasteiger partial charge >= 0.3 is 0 Å². The van der Waals surface area contributed by atoms with Gasteiger partial charge in [0.25, 0.3) is 11.7 Å². The number of benzene rings is 4. The Kier molecular flexibility index (Phi) is 6.60. The highest BCUT2D eigenvalue weighted by Gasteiger charge is 2.47. The van der Waals surface area contributed by atoms with E-state index in [2.05, 4.69) is 0 Å². The van der Waals surface area contributed by atoms with Crippen molar-refractivity contribution in [2.45, 2.75) is 26.3 Å². The molecule has 0 aliphatic carbocycles. The van der Waals surface area contributed by atoms with Crippen LogP contribution in [-0.4, -0.2) is 16.8 Å². The number of ether oxygens (including phenoxy) is 1.